The molecule has 5 nitrogen and oxygen atoms in total. The summed E-state index contributed by atoms with van der Waals surface area (Å²) in [6.07, 6.45) is 4.70. The van der Waals surface area contributed by atoms with Gasteiger partial charge in [0.15, 0.2) is 5.54 Å². The molecule has 3 aromatic carbocycles. The largest absolute Gasteiger partial charge is 0.456 e. The number of fused-ring (bicyclic) bond motifs is 4. The SMILES string of the molecule is CCN1c2cc3c(cc2C(C)=CC1(C)C)C(c1ccccc1C(=O)OCc1cccs1)=c1cc2c(cc1O3)=[N+](CC)C(C)(C)C=C2C. The number of carbonyl (C=O) groups is 1. The van der Waals surface area contributed by atoms with E-state index in [0.717, 1.165) is 62.4 Å². The van der Waals surface area contributed by atoms with Gasteiger partial charge in [-0.25, -0.2) is 9.37 Å². The smallest absolute Gasteiger partial charge is 0.339 e. The Morgan fingerprint density at radius 3 is 2.36 bits per heavy atom. The lowest BCUT2D eigenvalue weighted by molar-refractivity contribution is 0.0476. The summed E-state index contributed by atoms with van der Waals surface area (Å²) in [5.74, 6) is 1.25. The van der Waals surface area contributed by atoms with Gasteiger partial charge in [0.25, 0.3) is 0 Å². The molecule has 0 aliphatic carbocycles. The van der Waals surface area contributed by atoms with Crippen molar-refractivity contribution < 1.29 is 14.3 Å². The van der Waals surface area contributed by atoms with Crippen molar-refractivity contribution in [3.63, 3.8) is 0 Å². The van der Waals surface area contributed by atoms with Gasteiger partial charge in [0.05, 0.1) is 17.2 Å². The van der Waals surface area contributed by atoms with Gasteiger partial charge < -0.3 is 14.4 Å². The first-order valence-electron chi connectivity index (χ1n) is 16.6. The van der Waals surface area contributed by atoms with Crippen LogP contribution in [0.25, 0.3) is 16.7 Å². The number of carbonyl (C=O) groups excluding carboxylic acids is 1. The van der Waals surface area contributed by atoms with Crippen LogP contribution in [0.5, 0.6) is 11.5 Å². The van der Waals surface area contributed by atoms with E-state index in [1.807, 2.05) is 41.8 Å². The van der Waals surface area contributed by atoms with Crippen LogP contribution in [-0.4, -0.2) is 30.1 Å². The molecule has 0 spiro atoms. The van der Waals surface area contributed by atoms with Crippen molar-refractivity contribution in [3.05, 3.63) is 121 Å². The van der Waals surface area contributed by atoms with Gasteiger partial charge in [-0.2, -0.15) is 0 Å². The number of anilines is 1. The zero-order chi connectivity index (χ0) is 33.2. The second-order valence-electron chi connectivity index (χ2n) is 13.9. The number of rotatable bonds is 6. The van der Waals surface area contributed by atoms with E-state index >= 15 is 0 Å². The van der Waals surface area contributed by atoms with Crippen LogP contribution in [-0.2, 0) is 11.3 Å². The maximum absolute atomic E-state index is 13.8. The van der Waals surface area contributed by atoms with Gasteiger partial charge >= 0.3 is 5.97 Å². The van der Waals surface area contributed by atoms with Crippen LogP contribution in [0.3, 0.4) is 0 Å². The third-order valence-electron chi connectivity index (χ3n) is 9.89. The van der Waals surface area contributed by atoms with E-state index in [4.69, 9.17) is 9.47 Å². The molecule has 7 rings (SSSR count). The van der Waals surface area contributed by atoms with E-state index in [0.29, 0.717) is 5.56 Å². The highest BCUT2D eigenvalue weighted by Crippen LogP contribution is 2.46. The van der Waals surface area contributed by atoms with E-state index in [1.54, 1.807) is 11.3 Å². The normalized spacial score (nSPS) is 17.1. The standard InChI is InChI=1S/C41H43N2O3S/c1-9-42-34-20-36-32(18-30(34)25(3)22-40(42,5)6)38(28-15-11-12-16-29(28)39(44)45-24-27-14-13-17-47-27)33-19-31-26(4)23-41(7,8)43(10-2)35(31)21-37(33)46-36/h11-23H,9-10,24H2,1-8H3/q+1. The average molecular weight is 644 g/mol. The summed E-state index contributed by atoms with van der Waals surface area (Å²) in [7, 11) is 0. The number of esters is 1. The van der Waals surface area contributed by atoms with Crippen LogP contribution in [0.15, 0.2) is 78.2 Å². The van der Waals surface area contributed by atoms with E-state index in [-0.39, 0.29) is 23.7 Å². The number of benzene rings is 3. The monoisotopic (exact) mass is 643 g/mol. The van der Waals surface area contributed by atoms with Crippen molar-refractivity contribution in [2.24, 2.45) is 0 Å². The topological polar surface area (TPSA) is 41.8 Å². The Bertz CT molecular complexity index is 2130. The Morgan fingerprint density at radius 2 is 1.64 bits per heavy atom. The van der Waals surface area contributed by atoms with Gasteiger partial charge in [0.2, 0.25) is 5.36 Å². The first kappa shape index (κ1) is 31.2. The molecule has 0 amide bonds. The maximum atomic E-state index is 13.8. The lowest BCUT2D eigenvalue weighted by Crippen LogP contribution is -2.49. The summed E-state index contributed by atoms with van der Waals surface area (Å²) in [6.45, 7) is 19.8. The number of ether oxygens (including phenoxy) is 2. The van der Waals surface area contributed by atoms with Crippen molar-refractivity contribution in [2.75, 3.05) is 18.0 Å². The van der Waals surface area contributed by atoms with Gasteiger partial charge in [-0.15, -0.1) is 11.3 Å². The molecule has 0 bridgehead atoms. The Morgan fingerprint density at radius 1 is 0.872 bits per heavy atom. The van der Waals surface area contributed by atoms with Crippen LogP contribution >= 0.6 is 11.3 Å². The average Bonchev–Trinajstić information content (AvgIpc) is 3.55. The number of likely N-dealkylation sites (N-methyl/N-ethyl adjacent to an activating group) is 2. The molecule has 6 heteroatoms. The Hall–Kier alpha value is -4.42. The van der Waals surface area contributed by atoms with Crippen LogP contribution < -0.4 is 24.8 Å². The molecule has 4 heterocycles. The third kappa shape index (κ3) is 5.14. The zero-order valence-electron chi connectivity index (χ0n) is 28.7. The highest BCUT2D eigenvalue weighted by molar-refractivity contribution is 7.09. The van der Waals surface area contributed by atoms with Crippen LogP contribution in [0.1, 0.15) is 92.9 Å². The van der Waals surface area contributed by atoms with Gasteiger partial charge in [-0.3, -0.25) is 0 Å². The fourth-order valence-corrected chi connectivity index (χ4v) is 8.58. The number of nitrogens with zero attached hydrogens (tertiary/aromatic N) is 2. The van der Waals surface area contributed by atoms with Crippen LogP contribution in [0, 0.1) is 0 Å². The van der Waals surface area contributed by atoms with Crippen molar-refractivity contribution >= 4 is 39.7 Å². The molecular formula is C41H43N2O3S+. The highest BCUT2D eigenvalue weighted by atomic mass is 32.1. The maximum Gasteiger partial charge on any atom is 0.339 e. The number of allylic oxidation sites excluding steroid dienone is 2. The number of hydrogen-bond acceptors (Lipinski definition) is 5. The van der Waals surface area contributed by atoms with Gasteiger partial charge in [0.1, 0.15) is 24.7 Å². The van der Waals surface area contributed by atoms with Gasteiger partial charge in [0, 0.05) is 64.5 Å². The quantitative estimate of drug-likeness (QED) is 0.138. The zero-order valence-corrected chi connectivity index (χ0v) is 29.5. The molecule has 0 N–H and O–H groups in total. The molecule has 0 unspecified atom stereocenters. The van der Waals surface area contributed by atoms with E-state index < -0.39 is 0 Å². The molecule has 0 radical (unpaired) electrons. The fourth-order valence-electron chi connectivity index (χ4n) is 7.97. The Balaban J connectivity index is 1.53. The second kappa shape index (κ2) is 11.4. The van der Waals surface area contributed by atoms with Crippen LogP contribution in [0.2, 0.25) is 0 Å². The van der Waals surface area contributed by atoms with E-state index in [1.165, 1.54) is 22.3 Å². The molecule has 4 aromatic rings. The summed E-state index contributed by atoms with van der Waals surface area (Å²) in [4.78, 5) is 17.3. The van der Waals surface area contributed by atoms with Gasteiger partial charge in [-0.1, -0.05) is 30.3 Å². The Labute approximate surface area is 281 Å². The van der Waals surface area contributed by atoms with Gasteiger partial charge in [-0.05, 0) is 94.0 Å². The predicted molar refractivity (Wildman–Crippen MR) is 194 cm³/mol. The lowest BCUT2D eigenvalue weighted by Gasteiger charge is -2.43. The molecule has 0 saturated carbocycles. The predicted octanol–water partition coefficient (Wildman–Crippen LogP) is 8.19. The number of thiophene rings is 1. The molecule has 0 fully saturated rings. The van der Waals surface area contributed by atoms with E-state index in [2.05, 4.69) is 101 Å². The summed E-state index contributed by atoms with van der Waals surface area (Å²) >= 11 is 1.59. The van der Waals surface area contributed by atoms with Crippen molar-refractivity contribution in [2.45, 2.75) is 73.1 Å². The molecule has 1 aromatic heterocycles. The minimum absolute atomic E-state index is 0.131. The number of hydrogen-bond donors (Lipinski definition) is 0. The summed E-state index contributed by atoms with van der Waals surface area (Å²) in [5.41, 5.74) is 9.07. The lowest BCUT2D eigenvalue weighted by atomic mass is 9.83. The Kier molecular flexibility index (Phi) is 7.55. The molecule has 0 atom stereocenters. The van der Waals surface area contributed by atoms with E-state index in [9.17, 15) is 4.79 Å². The minimum Gasteiger partial charge on any atom is -0.456 e. The molecule has 3 aliphatic heterocycles. The molecule has 0 saturated heterocycles. The van der Waals surface area contributed by atoms with Crippen LogP contribution in [0.4, 0.5) is 5.69 Å². The summed E-state index contributed by atoms with van der Waals surface area (Å²) < 4.78 is 15.3. The van der Waals surface area contributed by atoms with Crippen molar-refractivity contribution in [1.29, 1.82) is 0 Å². The summed E-state index contributed by atoms with van der Waals surface area (Å²) in [6, 6.07) is 20.8. The fraction of sp³-hybridized carbons (Fsp3) is 0.317. The summed E-state index contributed by atoms with van der Waals surface area (Å²) in [5, 5.41) is 4.14. The highest BCUT2D eigenvalue weighted by Gasteiger charge is 2.36. The second-order valence-corrected chi connectivity index (χ2v) is 14.9. The first-order valence-corrected chi connectivity index (χ1v) is 17.5. The molecule has 3 aliphatic rings. The molecular weight excluding hydrogens is 601 g/mol. The van der Waals surface area contributed by atoms with Crippen molar-refractivity contribution in [3.8, 4) is 11.5 Å². The molecule has 47 heavy (non-hydrogen) atoms. The minimum atomic E-state index is -0.336. The third-order valence-corrected chi connectivity index (χ3v) is 10.7. The van der Waals surface area contributed by atoms with Crippen molar-refractivity contribution in [1.82, 2.24) is 4.58 Å². The first-order chi connectivity index (χ1) is 22.4. The molecule has 240 valence electrons.